The van der Waals surface area contributed by atoms with E-state index >= 15 is 0 Å². The molecule has 0 saturated heterocycles. The number of fused-ring (bicyclic) bond motifs is 1. The van der Waals surface area contributed by atoms with Gasteiger partial charge in [-0.2, -0.15) is 0 Å². The molecule has 0 fully saturated rings. The molecule has 3 aromatic rings. The van der Waals surface area contributed by atoms with Crippen LogP contribution < -0.4 is 5.73 Å². The van der Waals surface area contributed by atoms with Crippen LogP contribution in [0.4, 0.5) is 5.82 Å². The lowest BCUT2D eigenvalue weighted by Gasteiger charge is -2.06. The minimum Gasteiger partial charge on any atom is -0.383 e. The summed E-state index contributed by atoms with van der Waals surface area (Å²) in [7, 11) is -3.40. The summed E-state index contributed by atoms with van der Waals surface area (Å²) < 4.78 is 24.9. The van der Waals surface area contributed by atoms with Crippen LogP contribution in [0.15, 0.2) is 17.6 Å². The van der Waals surface area contributed by atoms with Crippen molar-refractivity contribution >= 4 is 37.2 Å². The standard InChI is InChI=1S/C13H15N5O2S2/c1-7-8(2)21-12-10(7)11(14)16-9(17-12)6-18-5-4-15-13(18)22(3,19)20/h4-5H,6H2,1-3H3,(H2,14,16,17). The van der Waals surface area contributed by atoms with Gasteiger partial charge in [0.1, 0.15) is 10.6 Å². The maximum Gasteiger partial charge on any atom is 0.227 e. The van der Waals surface area contributed by atoms with Gasteiger partial charge in [-0.25, -0.2) is 23.4 Å². The molecule has 0 unspecified atom stereocenters. The largest absolute Gasteiger partial charge is 0.383 e. The summed E-state index contributed by atoms with van der Waals surface area (Å²) in [6.07, 6.45) is 4.15. The van der Waals surface area contributed by atoms with Crippen LogP contribution in [0.1, 0.15) is 16.3 Å². The quantitative estimate of drug-likeness (QED) is 0.777. The minimum atomic E-state index is -3.40. The van der Waals surface area contributed by atoms with Crippen molar-refractivity contribution in [1.29, 1.82) is 0 Å². The molecule has 3 heterocycles. The van der Waals surface area contributed by atoms with Crippen molar-refractivity contribution in [2.75, 3.05) is 12.0 Å². The number of nitrogen functional groups attached to an aromatic ring is 1. The van der Waals surface area contributed by atoms with E-state index in [1.807, 2.05) is 13.8 Å². The monoisotopic (exact) mass is 337 g/mol. The highest BCUT2D eigenvalue weighted by atomic mass is 32.2. The number of nitrogens with two attached hydrogens (primary N) is 1. The first-order chi connectivity index (χ1) is 10.3. The molecular formula is C13H15N5O2S2. The van der Waals surface area contributed by atoms with Gasteiger partial charge in [-0.05, 0) is 19.4 Å². The van der Waals surface area contributed by atoms with Gasteiger partial charge in [0, 0.05) is 23.5 Å². The third-order valence-electron chi connectivity index (χ3n) is 3.42. The third kappa shape index (κ3) is 2.46. The van der Waals surface area contributed by atoms with E-state index < -0.39 is 9.84 Å². The van der Waals surface area contributed by atoms with Crippen LogP contribution in [0.5, 0.6) is 0 Å². The zero-order valence-corrected chi connectivity index (χ0v) is 14.0. The van der Waals surface area contributed by atoms with Gasteiger partial charge in [-0.3, -0.25) is 0 Å². The molecule has 22 heavy (non-hydrogen) atoms. The Labute approximate surface area is 131 Å². The fourth-order valence-corrected chi connectivity index (χ4v) is 4.15. The molecule has 3 rings (SSSR count). The normalized spacial score (nSPS) is 12.1. The molecule has 0 aliphatic heterocycles. The van der Waals surface area contributed by atoms with Gasteiger partial charge in [-0.1, -0.05) is 0 Å². The Balaban J connectivity index is 2.08. The summed E-state index contributed by atoms with van der Waals surface area (Å²) in [4.78, 5) is 14.6. The summed E-state index contributed by atoms with van der Waals surface area (Å²) in [5.74, 6) is 0.886. The number of hydrogen-bond acceptors (Lipinski definition) is 7. The molecule has 0 radical (unpaired) electrons. The Morgan fingerprint density at radius 1 is 1.32 bits per heavy atom. The second kappa shape index (κ2) is 5.03. The summed E-state index contributed by atoms with van der Waals surface area (Å²) in [6, 6.07) is 0. The fraction of sp³-hybridized carbons (Fsp3) is 0.308. The van der Waals surface area contributed by atoms with E-state index in [2.05, 4.69) is 15.0 Å². The molecule has 0 amide bonds. The first kappa shape index (κ1) is 14.9. The van der Waals surface area contributed by atoms with Gasteiger partial charge in [0.25, 0.3) is 0 Å². The first-order valence-corrected chi connectivity index (χ1v) is 9.21. The van der Waals surface area contributed by atoms with Crippen LogP contribution in [0.3, 0.4) is 0 Å². The fourth-order valence-electron chi connectivity index (χ4n) is 2.29. The van der Waals surface area contributed by atoms with E-state index in [0.717, 1.165) is 26.9 Å². The number of rotatable bonds is 3. The number of aromatic nitrogens is 4. The minimum absolute atomic E-state index is 0.00620. The van der Waals surface area contributed by atoms with Crippen LogP contribution >= 0.6 is 11.3 Å². The lowest BCUT2D eigenvalue weighted by Crippen LogP contribution is -2.12. The van der Waals surface area contributed by atoms with Gasteiger partial charge in [0.05, 0.1) is 11.9 Å². The van der Waals surface area contributed by atoms with Crippen LogP contribution in [0.2, 0.25) is 0 Å². The number of hydrogen-bond donors (Lipinski definition) is 1. The van der Waals surface area contributed by atoms with Gasteiger partial charge < -0.3 is 10.3 Å². The van der Waals surface area contributed by atoms with Crippen molar-refractivity contribution in [2.24, 2.45) is 0 Å². The molecule has 0 aliphatic rings. The van der Waals surface area contributed by atoms with Gasteiger partial charge in [0.15, 0.2) is 5.82 Å². The smallest absolute Gasteiger partial charge is 0.227 e. The van der Waals surface area contributed by atoms with Crippen molar-refractivity contribution in [3.63, 3.8) is 0 Å². The Morgan fingerprint density at radius 3 is 2.73 bits per heavy atom. The topological polar surface area (TPSA) is 104 Å². The molecule has 116 valence electrons. The zero-order valence-electron chi connectivity index (χ0n) is 12.4. The highest BCUT2D eigenvalue weighted by molar-refractivity contribution is 7.90. The number of sulfone groups is 1. The van der Waals surface area contributed by atoms with Crippen molar-refractivity contribution in [3.8, 4) is 0 Å². The van der Waals surface area contributed by atoms with Gasteiger partial charge in [-0.15, -0.1) is 11.3 Å². The Hall–Kier alpha value is -2.00. The molecule has 0 atom stereocenters. The van der Waals surface area contributed by atoms with Crippen molar-refractivity contribution < 1.29 is 8.42 Å². The molecule has 0 bridgehead atoms. The van der Waals surface area contributed by atoms with Gasteiger partial charge >= 0.3 is 0 Å². The average Bonchev–Trinajstić information content (AvgIpc) is 2.95. The van der Waals surface area contributed by atoms with Gasteiger partial charge in [0.2, 0.25) is 15.0 Å². The summed E-state index contributed by atoms with van der Waals surface area (Å²) >= 11 is 1.56. The van der Waals surface area contributed by atoms with Crippen LogP contribution in [0, 0.1) is 13.8 Å². The summed E-state index contributed by atoms with van der Waals surface area (Å²) in [5.41, 5.74) is 7.12. The number of nitrogens with zero attached hydrogens (tertiary/aromatic N) is 4. The molecule has 0 aliphatic carbocycles. The second-order valence-electron chi connectivity index (χ2n) is 5.10. The van der Waals surface area contributed by atoms with Crippen molar-refractivity contribution in [1.82, 2.24) is 19.5 Å². The van der Waals surface area contributed by atoms with E-state index in [4.69, 9.17) is 5.73 Å². The predicted molar refractivity (Wildman–Crippen MR) is 85.7 cm³/mol. The molecule has 2 N–H and O–H groups in total. The van der Waals surface area contributed by atoms with E-state index in [-0.39, 0.29) is 11.7 Å². The zero-order chi connectivity index (χ0) is 16.1. The van der Waals surface area contributed by atoms with E-state index in [1.165, 1.54) is 10.8 Å². The highest BCUT2D eigenvalue weighted by Gasteiger charge is 2.17. The molecular weight excluding hydrogens is 322 g/mol. The van der Waals surface area contributed by atoms with Crippen LogP contribution in [-0.4, -0.2) is 34.2 Å². The first-order valence-electron chi connectivity index (χ1n) is 6.50. The molecule has 0 saturated carbocycles. The van der Waals surface area contributed by atoms with Crippen molar-refractivity contribution in [3.05, 3.63) is 28.7 Å². The van der Waals surface area contributed by atoms with Crippen LogP contribution in [0.25, 0.3) is 10.2 Å². The Bertz CT molecular complexity index is 972. The number of imidazole rings is 1. The number of aryl methyl sites for hydroxylation is 2. The molecule has 7 nitrogen and oxygen atoms in total. The summed E-state index contributed by atoms with van der Waals surface area (Å²) in [5, 5.41) is 0.869. The van der Waals surface area contributed by atoms with Crippen LogP contribution in [-0.2, 0) is 16.4 Å². The predicted octanol–water partition coefficient (Wildman–Crippen LogP) is 1.54. The molecule has 0 spiro atoms. The lowest BCUT2D eigenvalue weighted by molar-refractivity contribution is 0.575. The maximum absolute atomic E-state index is 11.7. The number of anilines is 1. The second-order valence-corrected chi connectivity index (χ2v) is 8.21. The van der Waals surface area contributed by atoms with E-state index in [9.17, 15) is 8.42 Å². The number of thiophene rings is 1. The van der Waals surface area contributed by atoms with E-state index in [1.54, 1.807) is 17.5 Å². The highest BCUT2D eigenvalue weighted by Crippen LogP contribution is 2.31. The maximum atomic E-state index is 11.7. The molecule has 3 aromatic heterocycles. The average molecular weight is 337 g/mol. The Kier molecular flexibility index (Phi) is 3.41. The lowest BCUT2D eigenvalue weighted by atomic mass is 10.2. The third-order valence-corrected chi connectivity index (χ3v) is 5.53. The SMILES string of the molecule is Cc1sc2nc(Cn3ccnc3S(C)(=O)=O)nc(N)c2c1C. The van der Waals surface area contributed by atoms with Crippen molar-refractivity contribution in [2.45, 2.75) is 25.5 Å². The molecule has 0 aromatic carbocycles. The summed E-state index contributed by atoms with van der Waals surface area (Å²) in [6.45, 7) is 4.21. The van der Waals surface area contributed by atoms with E-state index in [0.29, 0.717) is 11.6 Å². The Morgan fingerprint density at radius 2 is 2.05 bits per heavy atom. The molecule has 9 heteroatoms.